The van der Waals surface area contributed by atoms with E-state index in [0.29, 0.717) is 5.56 Å². The van der Waals surface area contributed by atoms with Gasteiger partial charge in [0.15, 0.2) is 0 Å². The van der Waals surface area contributed by atoms with E-state index in [1.54, 1.807) is 23.2 Å². The highest BCUT2D eigenvalue weighted by molar-refractivity contribution is 5.93. The second kappa shape index (κ2) is 4.60. The Hall–Kier alpha value is -1.38. The van der Waals surface area contributed by atoms with Crippen molar-refractivity contribution in [2.75, 3.05) is 13.1 Å². The molecule has 1 rings (SSSR count). The zero-order chi connectivity index (χ0) is 9.68. The molecule has 3 heteroatoms. The Morgan fingerprint density at radius 3 is 2.69 bits per heavy atom. The van der Waals surface area contributed by atoms with Gasteiger partial charge in [-0.05, 0) is 26.0 Å². The van der Waals surface area contributed by atoms with Crippen molar-refractivity contribution in [3.8, 4) is 0 Å². The molecular formula is C10H13N2O. The lowest BCUT2D eigenvalue weighted by molar-refractivity contribution is 0.0772. The van der Waals surface area contributed by atoms with Crippen LogP contribution in [0.4, 0.5) is 0 Å². The molecule has 1 heterocycles. The van der Waals surface area contributed by atoms with Crippen molar-refractivity contribution in [3.63, 3.8) is 0 Å². The van der Waals surface area contributed by atoms with Crippen LogP contribution < -0.4 is 0 Å². The van der Waals surface area contributed by atoms with E-state index in [1.807, 2.05) is 13.8 Å². The number of aromatic nitrogens is 1. The smallest absolute Gasteiger partial charge is 0.255 e. The molecule has 1 aromatic rings. The summed E-state index contributed by atoms with van der Waals surface area (Å²) in [4.78, 5) is 17.2. The van der Waals surface area contributed by atoms with E-state index >= 15 is 0 Å². The topological polar surface area (TPSA) is 33.2 Å². The van der Waals surface area contributed by atoms with Crippen LogP contribution in [0.15, 0.2) is 18.3 Å². The lowest BCUT2D eigenvalue weighted by Gasteiger charge is -2.17. The molecule has 0 fully saturated rings. The maximum atomic E-state index is 11.7. The second-order valence-corrected chi connectivity index (χ2v) is 2.65. The van der Waals surface area contributed by atoms with Gasteiger partial charge in [0.1, 0.15) is 0 Å². The Kier molecular flexibility index (Phi) is 3.43. The monoisotopic (exact) mass is 177 g/mol. The van der Waals surface area contributed by atoms with Crippen molar-refractivity contribution in [3.05, 3.63) is 30.1 Å². The first-order valence-corrected chi connectivity index (χ1v) is 4.41. The molecule has 1 radical (unpaired) electrons. The quantitative estimate of drug-likeness (QED) is 0.698. The normalized spacial score (nSPS) is 9.69. The van der Waals surface area contributed by atoms with Gasteiger partial charge in [-0.2, -0.15) is 0 Å². The highest BCUT2D eigenvalue weighted by Crippen LogP contribution is 2.01. The molecular weight excluding hydrogens is 164 g/mol. The minimum absolute atomic E-state index is 0.0338. The summed E-state index contributed by atoms with van der Waals surface area (Å²) < 4.78 is 0. The summed E-state index contributed by atoms with van der Waals surface area (Å²) in [5.41, 5.74) is 0.627. The lowest BCUT2D eigenvalue weighted by atomic mass is 10.2. The van der Waals surface area contributed by atoms with Crippen molar-refractivity contribution < 1.29 is 4.79 Å². The van der Waals surface area contributed by atoms with Crippen molar-refractivity contribution in [2.45, 2.75) is 13.8 Å². The zero-order valence-electron chi connectivity index (χ0n) is 7.95. The Balaban J connectivity index is 2.78. The molecule has 0 aliphatic carbocycles. The number of hydrogen-bond donors (Lipinski definition) is 0. The molecule has 13 heavy (non-hydrogen) atoms. The van der Waals surface area contributed by atoms with Crippen LogP contribution in [-0.2, 0) is 0 Å². The summed E-state index contributed by atoms with van der Waals surface area (Å²) in [6.07, 6.45) is 4.18. The van der Waals surface area contributed by atoms with Crippen LogP contribution in [0.1, 0.15) is 24.2 Å². The third-order valence-electron chi connectivity index (χ3n) is 1.91. The first-order chi connectivity index (χ1) is 6.29. The molecule has 0 aromatic carbocycles. The van der Waals surface area contributed by atoms with Gasteiger partial charge in [0, 0.05) is 19.3 Å². The van der Waals surface area contributed by atoms with Gasteiger partial charge in [-0.25, -0.2) is 0 Å². The summed E-state index contributed by atoms with van der Waals surface area (Å²) in [5, 5.41) is 0. The molecule has 0 spiro atoms. The molecule has 0 N–H and O–H groups in total. The highest BCUT2D eigenvalue weighted by atomic mass is 16.2. The van der Waals surface area contributed by atoms with Crippen LogP contribution in [0.3, 0.4) is 0 Å². The molecule has 0 saturated heterocycles. The minimum Gasteiger partial charge on any atom is -0.339 e. The van der Waals surface area contributed by atoms with E-state index in [4.69, 9.17) is 0 Å². The van der Waals surface area contributed by atoms with E-state index in [0.717, 1.165) is 13.1 Å². The van der Waals surface area contributed by atoms with E-state index in [-0.39, 0.29) is 5.91 Å². The van der Waals surface area contributed by atoms with Crippen molar-refractivity contribution in [1.29, 1.82) is 0 Å². The maximum Gasteiger partial charge on any atom is 0.255 e. The van der Waals surface area contributed by atoms with E-state index < -0.39 is 0 Å². The van der Waals surface area contributed by atoms with E-state index in [1.165, 1.54) is 0 Å². The fraction of sp³-hybridized carbons (Fsp3) is 0.400. The van der Waals surface area contributed by atoms with Crippen molar-refractivity contribution in [1.82, 2.24) is 9.88 Å². The van der Waals surface area contributed by atoms with Crippen LogP contribution in [0.2, 0.25) is 0 Å². The highest BCUT2D eigenvalue weighted by Gasteiger charge is 2.11. The number of hydrogen-bond acceptors (Lipinski definition) is 2. The number of pyridine rings is 1. The van der Waals surface area contributed by atoms with Gasteiger partial charge < -0.3 is 4.90 Å². The number of carbonyl (C=O) groups is 1. The van der Waals surface area contributed by atoms with Crippen LogP contribution in [0, 0.1) is 6.20 Å². The average Bonchev–Trinajstić information content (AvgIpc) is 2.21. The van der Waals surface area contributed by atoms with E-state index in [2.05, 4.69) is 11.2 Å². The summed E-state index contributed by atoms with van der Waals surface area (Å²) >= 11 is 0. The van der Waals surface area contributed by atoms with Gasteiger partial charge in [0.25, 0.3) is 5.91 Å². The fourth-order valence-electron chi connectivity index (χ4n) is 1.14. The van der Waals surface area contributed by atoms with Crippen LogP contribution in [0.5, 0.6) is 0 Å². The number of carbonyl (C=O) groups excluding carboxylic acids is 1. The molecule has 0 aliphatic rings. The average molecular weight is 177 g/mol. The summed E-state index contributed by atoms with van der Waals surface area (Å²) in [6.45, 7) is 5.38. The molecule has 0 bridgehead atoms. The summed E-state index contributed by atoms with van der Waals surface area (Å²) in [5.74, 6) is 0.0338. The fourth-order valence-corrected chi connectivity index (χ4v) is 1.14. The molecule has 0 saturated carbocycles. The number of amides is 1. The van der Waals surface area contributed by atoms with Gasteiger partial charge in [0.2, 0.25) is 0 Å². The first-order valence-electron chi connectivity index (χ1n) is 4.41. The minimum atomic E-state index is 0.0338. The Labute approximate surface area is 78.4 Å². The van der Waals surface area contributed by atoms with Crippen LogP contribution in [0.25, 0.3) is 0 Å². The van der Waals surface area contributed by atoms with Crippen LogP contribution >= 0.6 is 0 Å². The third kappa shape index (κ3) is 2.28. The van der Waals surface area contributed by atoms with Crippen molar-refractivity contribution in [2.24, 2.45) is 0 Å². The SMILES string of the molecule is CCN(CC)C(=O)c1cc[c]nc1. The molecule has 3 nitrogen and oxygen atoms in total. The zero-order valence-corrected chi connectivity index (χ0v) is 7.95. The van der Waals surface area contributed by atoms with Gasteiger partial charge in [-0.3, -0.25) is 9.78 Å². The summed E-state index contributed by atoms with van der Waals surface area (Å²) in [6, 6.07) is 3.38. The van der Waals surface area contributed by atoms with E-state index in [9.17, 15) is 4.79 Å². The molecule has 1 amide bonds. The number of nitrogens with zero attached hydrogens (tertiary/aromatic N) is 2. The predicted octanol–water partition coefficient (Wildman–Crippen LogP) is 1.36. The Bertz CT molecular complexity index is 268. The number of rotatable bonds is 3. The van der Waals surface area contributed by atoms with Crippen LogP contribution in [-0.4, -0.2) is 28.9 Å². The summed E-state index contributed by atoms with van der Waals surface area (Å²) in [7, 11) is 0. The van der Waals surface area contributed by atoms with Gasteiger partial charge in [-0.15, -0.1) is 0 Å². The molecule has 1 aromatic heterocycles. The predicted molar refractivity (Wildman–Crippen MR) is 50.3 cm³/mol. The molecule has 0 aliphatic heterocycles. The van der Waals surface area contributed by atoms with Crippen molar-refractivity contribution >= 4 is 5.91 Å². The Morgan fingerprint density at radius 1 is 1.54 bits per heavy atom. The van der Waals surface area contributed by atoms with Gasteiger partial charge in [-0.1, -0.05) is 0 Å². The lowest BCUT2D eigenvalue weighted by Crippen LogP contribution is -2.30. The molecule has 69 valence electrons. The second-order valence-electron chi connectivity index (χ2n) is 2.65. The Morgan fingerprint density at radius 2 is 2.23 bits per heavy atom. The maximum absolute atomic E-state index is 11.7. The first kappa shape index (κ1) is 9.71. The molecule has 0 atom stereocenters. The van der Waals surface area contributed by atoms with Gasteiger partial charge >= 0.3 is 0 Å². The third-order valence-corrected chi connectivity index (χ3v) is 1.91. The standard InChI is InChI=1S/C10H13N2O/c1-3-12(4-2)10(13)9-6-5-7-11-8-9/h5-6,8H,3-4H2,1-2H3. The molecule has 0 unspecified atom stereocenters. The largest absolute Gasteiger partial charge is 0.339 e. The van der Waals surface area contributed by atoms with Gasteiger partial charge in [0.05, 0.1) is 11.8 Å².